The first-order valence-corrected chi connectivity index (χ1v) is 19.3. The van der Waals surface area contributed by atoms with Gasteiger partial charge in [-0.05, 0) is 62.3 Å². The minimum Gasteiger partial charge on any atom is -0.465 e. The van der Waals surface area contributed by atoms with Gasteiger partial charge in [0, 0.05) is 18.9 Å². The average molecular weight is 710 g/mol. The molecule has 2 saturated carbocycles. The summed E-state index contributed by atoms with van der Waals surface area (Å²) in [6, 6.07) is 12.5. The van der Waals surface area contributed by atoms with E-state index in [1.165, 1.54) is 28.4 Å². The highest BCUT2D eigenvalue weighted by Crippen LogP contribution is 2.46. The van der Waals surface area contributed by atoms with E-state index in [1.54, 1.807) is 6.07 Å². The first kappa shape index (κ1) is 33.6. The van der Waals surface area contributed by atoms with E-state index in [1.807, 2.05) is 42.5 Å². The zero-order valence-electron chi connectivity index (χ0n) is 27.0. The third-order valence-electron chi connectivity index (χ3n) is 9.84. The predicted octanol–water partition coefficient (Wildman–Crippen LogP) is 3.95. The number of benzene rings is 2. The molecule has 49 heavy (non-hydrogen) atoms. The molecule has 3 aromatic rings. The van der Waals surface area contributed by atoms with Crippen LogP contribution < -0.4 is 20.1 Å². The molecule has 2 aliphatic carbocycles. The minimum absolute atomic E-state index is 0.101. The van der Waals surface area contributed by atoms with E-state index in [9.17, 15) is 27.2 Å². The molecule has 1 saturated heterocycles. The van der Waals surface area contributed by atoms with Crippen molar-refractivity contribution in [1.82, 2.24) is 25.2 Å². The Morgan fingerprint density at radius 3 is 2.71 bits per heavy atom. The van der Waals surface area contributed by atoms with Gasteiger partial charge in [0.25, 0.3) is 11.1 Å². The van der Waals surface area contributed by atoms with Crippen molar-refractivity contribution in [1.29, 1.82) is 0 Å². The van der Waals surface area contributed by atoms with Crippen LogP contribution in [0.1, 0.15) is 63.4 Å². The van der Waals surface area contributed by atoms with Crippen LogP contribution in [0.4, 0.5) is 4.39 Å². The zero-order valence-corrected chi connectivity index (χ0v) is 28.6. The van der Waals surface area contributed by atoms with Gasteiger partial charge in [0.1, 0.15) is 23.5 Å². The van der Waals surface area contributed by atoms with Gasteiger partial charge in [-0.25, -0.2) is 17.8 Å². The highest BCUT2D eigenvalue weighted by Gasteiger charge is 2.62. The molecular weight excluding hydrogens is 670 g/mol. The Bertz CT molecular complexity index is 1870. The molecule has 0 radical (unpaired) electrons. The van der Waals surface area contributed by atoms with E-state index in [2.05, 4.69) is 20.3 Å². The Balaban J connectivity index is 1.16. The second-order valence-corrected chi connectivity index (χ2v) is 16.5. The molecule has 7 rings (SSSR count). The van der Waals surface area contributed by atoms with E-state index >= 15 is 0 Å². The number of fused-ring (bicyclic) bond motifs is 3. The number of ether oxygens (including phenoxy) is 1. The van der Waals surface area contributed by atoms with Crippen molar-refractivity contribution in [2.24, 2.45) is 5.92 Å². The van der Waals surface area contributed by atoms with Gasteiger partial charge in [0.2, 0.25) is 21.8 Å². The van der Waals surface area contributed by atoms with E-state index in [0.29, 0.717) is 41.2 Å². The smallest absolute Gasteiger partial charge is 0.274 e. The van der Waals surface area contributed by atoms with Crippen LogP contribution >= 0.6 is 11.3 Å². The number of carbonyl (C=O) groups excluding carboxylic acids is 3. The number of sulfonamides is 1. The van der Waals surface area contributed by atoms with Crippen LogP contribution in [0.3, 0.4) is 0 Å². The first-order chi connectivity index (χ1) is 23.6. The van der Waals surface area contributed by atoms with Crippen LogP contribution in [0.2, 0.25) is 0 Å². The molecule has 5 atom stereocenters. The van der Waals surface area contributed by atoms with Crippen molar-refractivity contribution in [2.75, 3.05) is 6.54 Å². The molecule has 11 nitrogen and oxygen atoms in total. The molecular formula is C35H40FN5O6S2. The van der Waals surface area contributed by atoms with Gasteiger partial charge in [-0.1, -0.05) is 66.7 Å². The van der Waals surface area contributed by atoms with Gasteiger partial charge in [-0.3, -0.25) is 19.1 Å². The van der Waals surface area contributed by atoms with Gasteiger partial charge in [0.05, 0.1) is 28.1 Å². The second-order valence-electron chi connectivity index (χ2n) is 13.5. The number of thiazole rings is 1. The molecule has 4 aliphatic rings. The van der Waals surface area contributed by atoms with Crippen molar-refractivity contribution in [3.63, 3.8) is 0 Å². The van der Waals surface area contributed by atoms with Gasteiger partial charge in [-0.15, -0.1) is 0 Å². The summed E-state index contributed by atoms with van der Waals surface area (Å²) in [6.07, 6.45) is 8.58. The summed E-state index contributed by atoms with van der Waals surface area (Å²) >= 11 is 1.18. The number of hydrogen-bond donors (Lipinski definition) is 3. The number of aromatic nitrogens is 1. The van der Waals surface area contributed by atoms with Crippen molar-refractivity contribution in [3.05, 3.63) is 72.1 Å². The van der Waals surface area contributed by atoms with Gasteiger partial charge >= 0.3 is 0 Å². The summed E-state index contributed by atoms with van der Waals surface area (Å²) in [5.41, 5.74) is 0.162. The fraction of sp³-hybridized carbons (Fsp3) is 0.486. The largest absolute Gasteiger partial charge is 0.465 e. The summed E-state index contributed by atoms with van der Waals surface area (Å²) in [6.45, 7) is 0.566. The van der Waals surface area contributed by atoms with Crippen molar-refractivity contribution < 1.29 is 31.9 Å². The SMILES string of the molecule is O=C1N[C@]2(C(=O)NS(=O)(=O)C3CC3)C[C@H]2/C=C\CCCCC[C@H](NCc2ccccc2)C(=O)N2C[C@H](Oc3nc4ccc(F)cc4s3)C[C@@H]12. The number of halogens is 1. The summed E-state index contributed by atoms with van der Waals surface area (Å²) in [5.74, 6) is -2.31. The van der Waals surface area contributed by atoms with Gasteiger partial charge in [0.15, 0.2) is 0 Å². The standard InChI is InChI=1S/C35H40FN5O6S2/c36-24-13-16-27-30(17-24)48-34(38-27)47-25-18-29-31(42)39-35(33(44)40-49(45,46)26-14-15-26)19-23(35)11-7-2-1-3-8-12-28(32(43)41(29)21-25)37-20-22-9-5-4-6-10-22/h4-7,9-11,13,16-17,23,25-26,28-29,37H,1-3,8,12,14-15,18-21H2,(H,39,42)(H,40,44)/b11-7-/t23-,25-,28+,29+,35-/m1/s1. The molecule has 3 heterocycles. The molecule has 3 amide bonds. The Morgan fingerprint density at radius 1 is 1.10 bits per heavy atom. The minimum atomic E-state index is -3.85. The normalized spacial score (nSPS) is 28.5. The van der Waals surface area contributed by atoms with Gasteiger partial charge < -0.3 is 20.3 Å². The summed E-state index contributed by atoms with van der Waals surface area (Å²) < 4.78 is 48.4. The van der Waals surface area contributed by atoms with E-state index < -0.39 is 50.8 Å². The number of carbonyl (C=O) groups is 3. The lowest BCUT2D eigenvalue weighted by molar-refractivity contribution is -0.141. The highest BCUT2D eigenvalue weighted by atomic mass is 32.2. The number of rotatable bonds is 8. The fourth-order valence-corrected chi connectivity index (χ4v) is 9.08. The quantitative estimate of drug-likeness (QED) is 0.298. The maximum atomic E-state index is 14.4. The van der Waals surface area contributed by atoms with Crippen LogP contribution in [-0.4, -0.2) is 71.5 Å². The van der Waals surface area contributed by atoms with Crippen molar-refractivity contribution >= 4 is 49.3 Å². The Labute approximate surface area is 288 Å². The number of nitrogens with one attached hydrogen (secondary N) is 3. The fourth-order valence-electron chi connectivity index (χ4n) is 6.81. The summed E-state index contributed by atoms with van der Waals surface area (Å²) in [5, 5.41) is 6.03. The van der Waals surface area contributed by atoms with Crippen LogP contribution in [0.15, 0.2) is 60.7 Å². The van der Waals surface area contributed by atoms with Crippen LogP contribution in [-0.2, 0) is 31.0 Å². The van der Waals surface area contributed by atoms with E-state index in [-0.39, 0.29) is 37.0 Å². The van der Waals surface area contributed by atoms with Crippen LogP contribution in [0, 0.1) is 11.7 Å². The lowest BCUT2D eigenvalue weighted by atomic mass is 10.0. The molecule has 3 N–H and O–H groups in total. The molecule has 0 bridgehead atoms. The Kier molecular flexibility index (Phi) is 9.46. The number of allylic oxidation sites excluding steroid dienone is 1. The lowest BCUT2D eigenvalue weighted by Gasteiger charge is -2.30. The summed E-state index contributed by atoms with van der Waals surface area (Å²) in [4.78, 5) is 48.2. The van der Waals surface area contributed by atoms with Crippen LogP contribution in [0.25, 0.3) is 10.2 Å². The van der Waals surface area contributed by atoms with Crippen molar-refractivity contribution in [2.45, 2.75) is 93.3 Å². The maximum Gasteiger partial charge on any atom is 0.274 e. The molecule has 2 aromatic carbocycles. The Hall–Kier alpha value is -3.88. The van der Waals surface area contributed by atoms with Crippen molar-refractivity contribution in [3.8, 4) is 5.19 Å². The number of amides is 3. The third-order valence-corrected chi connectivity index (χ3v) is 12.6. The average Bonchev–Trinajstić information content (AvgIpc) is 3.97. The molecule has 0 spiro atoms. The molecule has 3 fully saturated rings. The van der Waals surface area contributed by atoms with E-state index in [0.717, 1.165) is 31.2 Å². The lowest BCUT2D eigenvalue weighted by Crippen LogP contribution is -2.58. The maximum absolute atomic E-state index is 14.4. The third kappa shape index (κ3) is 7.51. The summed E-state index contributed by atoms with van der Waals surface area (Å²) in [7, 11) is -3.85. The molecule has 260 valence electrons. The topological polar surface area (TPSA) is 147 Å². The molecule has 2 aliphatic heterocycles. The number of nitrogens with zero attached hydrogens (tertiary/aromatic N) is 2. The zero-order chi connectivity index (χ0) is 34.2. The monoisotopic (exact) mass is 709 g/mol. The predicted molar refractivity (Wildman–Crippen MR) is 182 cm³/mol. The first-order valence-electron chi connectivity index (χ1n) is 17.0. The molecule has 1 aromatic heterocycles. The van der Waals surface area contributed by atoms with Crippen LogP contribution in [0.5, 0.6) is 5.19 Å². The highest BCUT2D eigenvalue weighted by molar-refractivity contribution is 7.91. The Morgan fingerprint density at radius 2 is 1.92 bits per heavy atom. The van der Waals surface area contributed by atoms with E-state index in [4.69, 9.17) is 4.74 Å². The molecule has 0 unspecified atom stereocenters. The second kappa shape index (κ2) is 13.8. The van der Waals surface area contributed by atoms with Gasteiger partial charge in [-0.2, -0.15) is 0 Å². The number of hydrogen-bond acceptors (Lipinski definition) is 9. The molecule has 14 heteroatoms.